The van der Waals surface area contributed by atoms with E-state index in [1.165, 1.54) is 6.92 Å². The third-order valence-electron chi connectivity index (χ3n) is 3.28. The van der Waals surface area contributed by atoms with E-state index in [0.29, 0.717) is 12.2 Å². The number of nitrogens with one attached hydrogen (secondary N) is 2. The molecule has 0 spiro atoms. The second-order valence-electron chi connectivity index (χ2n) is 4.70. The third-order valence-corrected chi connectivity index (χ3v) is 3.28. The van der Waals surface area contributed by atoms with Crippen LogP contribution in [-0.4, -0.2) is 37.7 Å². The molecule has 1 aromatic rings. The zero-order chi connectivity index (χ0) is 13.3. The summed E-state index contributed by atoms with van der Waals surface area (Å²) in [6.45, 7) is 3.41. The molecular formula is C11H16N4O3. The van der Waals surface area contributed by atoms with Gasteiger partial charge in [0.15, 0.2) is 0 Å². The van der Waals surface area contributed by atoms with Crippen LogP contribution in [0.3, 0.4) is 0 Å². The van der Waals surface area contributed by atoms with Crippen molar-refractivity contribution in [3.63, 3.8) is 0 Å². The summed E-state index contributed by atoms with van der Waals surface area (Å²) in [6.07, 6.45) is 2.27. The molecule has 3 N–H and O–H groups in total. The Bertz CT molecular complexity index is 480. The first kappa shape index (κ1) is 12.5. The van der Waals surface area contributed by atoms with Gasteiger partial charge in [-0.1, -0.05) is 6.92 Å². The fourth-order valence-corrected chi connectivity index (χ4v) is 1.84. The fraction of sp³-hybridized carbons (Fsp3) is 0.636. The first-order chi connectivity index (χ1) is 8.47. The highest BCUT2D eigenvalue weighted by molar-refractivity contribution is 5.95. The summed E-state index contributed by atoms with van der Waals surface area (Å²) in [5, 5.41) is 18.1. The van der Waals surface area contributed by atoms with E-state index in [1.807, 2.05) is 6.92 Å². The average molecular weight is 252 g/mol. The summed E-state index contributed by atoms with van der Waals surface area (Å²) >= 11 is 0. The number of aromatic amines is 1. The molecule has 1 unspecified atom stereocenters. The van der Waals surface area contributed by atoms with Crippen LogP contribution in [0.2, 0.25) is 0 Å². The lowest BCUT2D eigenvalue weighted by Crippen LogP contribution is -2.54. The Kier molecular flexibility index (Phi) is 3.06. The maximum absolute atomic E-state index is 11.9. The molecule has 1 amide bonds. The van der Waals surface area contributed by atoms with Crippen molar-refractivity contribution in [2.24, 2.45) is 5.92 Å². The summed E-state index contributed by atoms with van der Waals surface area (Å²) in [4.78, 5) is 27.2. The van der Waals surface area contributed by atoms with Crippen molar-refractivity contribution in [3.05, 3.63) is 11.6 Å². The quantitative estimate of drug-likeness (QED) is 0.700. The molecule has 1 aliphatic rings. The molecule has 7 nitrogen and oxygen atoms in total. The molecule has 98 valence electrons. The van der Waals surface area contributed by atoms with Crippen molar-refractivity contribution >= 4 is 11.9 Å². The van der Waals surface area contributed by atoms with Crippen molar-refractivity contribution < 1.29 is 14.7 Å². The molecule has 0 aromatic carbocycles. The van der Waals surface area contributed by atoms with Gasteiger partial charge in [-0.05, 0) is 25.7 Å². The van der Waals surface area contributed by atoms with Crippen LogP contribution in [0.1, 0.15) is 43.1 Å². The highest BCUT2D eigenvalue weighted by atomic mass is 16.4. The van der Waals surface area contributed by atoms with E-state index in [-0.39, 0.29) is 11.7 Å². The van der Waals surface area contributed by atoms with Crippen LogP contribution in [0.5, 0.6) is 0 Å². The summed E-state index contributed by atoms with van der Waals surface area (Å²) in [5.41, 5.74) is -1.23. The number of H-pyrrole nitrogens is 1. The Morgan fingerprint density at radius 2 is 2.22 bits per heavy atom. The van der Waals surface area contributed by atoms with Gasteiger partial charge in [0.2, 0.25) is 5.82 Å². The van der Waals surface area contributed by atoms with E-state index in [0.717, 1.165) is 12.8 Å². The second-order valence-corrected chi connectivity index (χ2v) is 4.70. The van der Waals surface area contributed by atoms with Gasteiger partial charge in [-0.2, -0.15) is 0 Å². The molecule has 0 bridgehead atoms. The normalized spacial score (nSPS) is 18.1. The number of carboxylic acids is 1. The van der Waals surface area contributed by atoms with Gasteiger partial charge in [0.25, 0.3) is 5.91 Å². The topological polar surface area (TPSA) is 108 Å². The molecular weight excluding hydrogens is 236 g/mol. The van der Waals surface area contributed by atoms with Crippen LogP contribution in [0.15, 0.2) is 0 Å². The molecule has 1 saturated carbocycles. The number of rotatable bonds is 5. The molecule has 18 heavy (non-hydrogen) atoms. The SMILES string of the molecule is CCc1nc(C(=O)NC(C)(C(=O)O)C2CC2)n[nH]1. The predicted molar refractivity (Wildman–Crippen MR) is 62.0 cm³/mol. The smallest absolute Gasteiger partial charge is 0.329 e. The van der Waals surface area contributed by atoms with Crippen LogP contribution in [0.4, 0.5) is 0 Å². The zero-order valence-corrected chi connectivity index (χ0v) is 10.4. The molecule has 1 fully saturated rings. The van der Waals surface area contributed by atoms with E-state index in [9.17, 15) is 14.7 Å². The van der Waals surface area contributed by atoms with Gasteiger partial charge < -0.3 is 10.4 Å². The first-order valence-electron chi connectivity index (χ1n) is 5.94. The molecule has 1 atom stereocenters. The van der Waals surface area contributed by atoms with Crippen LogP contribution in [-0.2, 0) is 11.2 Å². The van der Waals surface area contributed by atoms with Gasteiger partial charge in [0.05, 0.1) is 0 Å². The second kappa shape index (κ2) is 4.40. The number of amides is 1. The van der Waals surface area contributed by atoms with Gasteiger partial charge in [0.1, 0.15) is 11.4 Å². The minimum atomic E-state index is -1.23. The third kappa shape index (κ3) is 2.20. The monoisotopic (exact) mass is 252 g/mol. The number of carbonyl (C=O) groups excluding carboxylic acids is 1. The number of aliphatic carboxylic acids is 1. The van der Waals surface area contributed by atoms with Gasteiger partial charge in [0, 0.05) is 6.42 Å². The molecule has 7 heteroatoms. The number of hydrogen-bond donors (Lipinski definition) is 3. The Morgan fingerprint density at radius 3 is 2.67 bits per heavy atom. The lowest BCUT2D eigenvalue weighted by Gasteiger charge is -2.25. The Hall–Kier alpha value is -1.92. The predicted octanol–water partition coefficient (Wildman–Crippen LogP) is 0.350. The summed E-state index contributed by atoms with van der Waals surface area (Å²) in [6, 6.07) is 0. The van der Waals surface area contributed by atoms with Crippen LogP contribution >= 0.6 is 0 Å². The Labute approximate surface area is 104 Å². The van der Waals surface area contributed by atoms with Gasteiger partial charge in [-0.25, -0.2) is 9.78 Å². The first-order valence-corrected chi connectivity index (χ1v) is 5.94. The van der Waals surface area contributed by atoms with Crippen molar-refractivity contribution in [2.45, 2.75) is 38.6 Å². The van der Waals surface area contributed by atoms with E-state index in [4.69, 9.17) is 0 Å². The van der Waals surface area contributed by atoms with Crippen LogP contribution in [0, 0.1) is 5.92 Å². The number of carboxylic acid groups (broad SMARTS) is 1. The molecule has 0 aliphatic heterocycles. The van der Waals surface area contributed by atoms with Crippen molar-refractivity contribution in [3.8, 4) is 0 Å². The maximum atomic E-state index is 11.9. The van der Waals surface area contributed by atoms with Crippen LogP contribution in [0.25, 0.3) is 0 Å². The number of aryl methyl sites for hydroxylation is 1. The highest BCUT2D eigenvalue weighted by Crippen LogP contribution is 2.39. The fourth-order valence-electron chi connectivity index (χ4n) is 1.84. The number of nitrogens with zero attached hydrogens (tertiary/aromatic N) is 2. The van der Waals surface area contributed by atoms with Crippen molar-refractivity contribution in [2.75, 3.05) is 0 Å². The van der Waals surface area contributed by atoms with Crippen molar-refractivity contribution in [1.82, 2.24) is 20.5 Å². The lowest BCUT2D eigenvalue weighted by atomic mass is 9.96. The Morgan fingerprint density at radius 1 is 1.56 bits per heavy atom. The van der Waals surface area contributed by atoms with E-state index in [1.54, 1.807) is 0 Å². The molecule has 2 rings (SSSR count). The molecule has 0 saturated heterocycles. The number of aromatic nitrogens is 3. The Balaban J connectivity index is 2.12. The lowest BCUT2D eigenvalue weighted by molar-refractivity contribution is -0.144. The molecule has 1 heterocycles. The standard InChI is InChI=1S/C11H16N4O3/c1-3-7-12-8(15-14-7)9(16)13-11(2,10(17)18)6-4-5-6/h6H,3-5H2,1-2H3,(H,13,16)(H,17,18)(H,12,14,15). The number of carbonyl (C=O) groups is 2. The van der Waals surface area contributed by atoms with Gasteiger partial charge >= 0.3 is 5.97 Å². The molecule has 0 radical (unpaired) electrons. The highest BCUT2D eigenvalue weighted by Gasteiger charge is 2.49. The van der Waals surface area contributed by atoms with Crippen molar-refractivity contribution in [1.29, 1.82) is 0 Å². The summed E-state index contributed by atoms with van der Waals surface area (Å²) < 4.78 is 0. The van der Waals surface area contributed by atoms with Crippen LogP contribution < -0.4 is 5.32 Å². The molecule has 1 aromatic heterocycles. The van der Waals surface area contributed by atoms with Gasteiger partial charge in [-0.15, -0.1) is 5.10 Å². The minimum Gasteiger partial charge on any atom is -0.480 e. The zero-order valence-electron chi connectivity index (χ0n) is 10.4. The number of hydrogen-bond acceptors (Lipinski definition) is 4. The van der Waals surface area contributed by atoms with E-state index >= 15 is 0 Å². The largest absolute Gasteiger partial charge is 0.480 e. The maximum Gasteiger partial charge on any atom is 0.329 e. The molecule has 1 aliphatic carbocycles. The van der Waals surface area contributed by atoms with Gasteiger partial charge in [-0.3, -0.25) is 9.89 Å². The average Bonchev–Trinajstić information content (AvgIpc) is 3.07. The minimum absolute atomic E-state index is 0.0106. The van der Waals surface area contributed by atoms with E-state index < -0.39 is 17.4 Å². The summed E-state index contributed by atoms with van der Waals surface area (Å²) in [5.74, 6) is -1.00. The van der Waals surface area contributed by atoms with E-state index in [2.05, 4.69) is 20.5 Å². The summed E-state index contributed by atoms with van der Waals surface area (Å²) in [7, 11) is 0.